The molecule has 2 saturated heterocycles. The molecule has 2 aliphatic rings. The number of likely N-dealkylation sites (tertiary alicyclic amines) is 1. The van der Waals surface area contributed by atoms with E-state index >= 15 is 0 Å². The van der Waals surface area contributed by atoms with Gasteiger partial charge in [-0.25, -0.2) is 4.39 Å². The maximum atomic E-state index is 13.6. The molecule has 0 saturated carbocycles. The fraction of sp³-hybridized carbons (Fsp3) is 0.364. The van der Waals surface area contributed by atoms with Crippen molar-refractivity contribution in [3.8, 4) is 0 Å². The Bertz CT molecular complexity index is 899. The first-order valence-corrected chi connectivity index (χ1v) is 9.59. The average molecular weight is 381 g/mol. The molecule has 0 aliphatic carbocycles. The minimum absolute atomic E-state index is 0.0348. The molecule has 0 spiro atoms. The highest BCUT2D eigenvalue weighted by Gasteiger charge is 2.41. The number of hydrogen-bond acceptors (Lipinski definition) is 3. The predicted octanol–water partition coefficient (Wildman–Crippen LogP) is 2.44. The summed E-state index contributed by atoms with van der Waals surface area (Å²) in [7, 11) is 0. The van der Waals surface area contributed by atoms with Gasteiger partial charge in [-0.3, -0.25) is 9.59 Å². The SMILES string of the molecule is Cc1ccc(N2CC(C(=O)N3C[C@@H](N)[C@H](c4cccc(F)c4)C3)CC2=O)cc1. The van der Waals surface area contributed by atoms with E-state index in [1.165, 1.54) is 12.1 Å². The van der Waals surface area contributed by atoms with Crippen LogP contribution in [0.2, 0.25) is 0 Å². The molecule has 0 radical (unpaired) electrons. The van der Waals surface area contributed by atoms with Crippen LogP contribution in [0.25, 0.3) is 0 Å². The molecule has 2 aromatic carbocycles. The molecule has 2 N–H and O–H groups in total. The van der Waals surface area contributed by atoms with Gasteiger partial charge in [0.1, 0.15) is 5.82 Å². The van der Waals surface area contributed by atoms with Gasteiger partial charge in [-0.2, -0.15) is 0 Å². The zero-order valence-electron chi connectivity index (χ0n) is 15.8. The lowest BCUT2D eigenvalue weighted by atomic mass is 9.95. The third-order valence-electron chi connectivity index (χ3n) is 5.77. The number of nitrogens with two attached hydrogens (primary N) is 1. The summed E-state index contributed by atoms with van der Waals surface area (Å²) in [6.45, 7) is 3.26. The Morgan fingerprint density at radius 1 is 1.11 bits per heavy atom. The molecule has 5 nitrogen and oxygen atoms in total. The Morgan fingerprint density at radius 3 is 2.57 bits per heavy atom. The van der Waals surface area contributed by atoms with E-state index < -0.39 is 0 Å². The number of carbonyl (C=O) groups is 2. The predicted molar refractivity (Wildman–Crippen MR) is 105 cm³/mol. The first-order chi connectivity index (χ1) is 13.4. The Kier molecular flexibility index (Phi) is 4.89. The van der Waals surface area contributed by atoms with Crippen LogP contribution >= 0.6 is 0 Å². The zero-order chi connectivity index (χ0) is 19.8. The molecule has 2 aromatic rings. The summed E-state index contributed by atoms with van der Waals surface area (Å²) >= 11 is 0. The number of halogens is 1. The maximum Gasteiger partial charge on any atom is 0.228 e. The number of aryl methyl sites for hydroxylation is 1. The van der Waals surface area contributed by atoms with Crippen LogP contribution in [-0.2, 0) is 9.59 Å². The lowest BCUT2D eigenvalue weighted by molar-refractivity contribution is -0.134. The van der Waals surface area contributed by atoms with E-state index in [-0.39, 0.29) is 41.9 Å². The molecule has 2 fully saturated rings. The summed E-state index contributed by atoms with van der Waals surface area (Å²) in [6.07, 6.45) is 0.211. The molecular weight excluding hydrogens is 357 g/mol. The number of rotatable bonds is 3. The van der Waals surface area contributed by atoms with Crippen LogP contribution in [-0.4, -0.2) is 42.4 Å². The molecular formula is C22H24FN3O2. The molecule has 0 bridgehead atoms. The number of amides is 2. The summed E-state index contributed by atoms with van der Waals surface area (Å²) in [5.74, 6) is -0.841. The minimum Gasteiger partial charge on any atom is -0.340 e. The molecule has 4 rings (SSSR count). The Balaban J connectivity index is 1.45. The Morgan fingerprint density at radius 2 is 1.86 bits per heavy atom. The molecule has 3 atom stereocenters. The van der Waals surface area contributed by atoms with E-state index in [4.69, 9.17) is 5.73 Å². The summed E-state index contributed by atoms with van der Waals surface area (Å²) in [4.78, 5) is 28.9. The van der Waals surface area contributed by atoms with Crippen LogP contribution in [0.5, 0.6) is 0 Å². The number of nitrogens with zero attached hydrogens (tertiary/aromatic N) is 2. The van der Waals surface area contributed by atoms with Crippen molar-refractivity contribution in [2.24, 2.45) is 11.7 Å². The van der Waals surface area contributed by atoms with Crippen LogP contribution in [0.4, 0.5) is 10.1 Å². The van der Waals surface area contributed by atoms with Crippen LogP contribution in [0.15, 0.2) is 48.5 Å². The first-order valence-electron chi connectivity index (χ1n) is 9.59. The molecule has 2 aliphatic heterocycles. The van der Waals surface area contributed by atoms with E-state index in [0.717, 1.165) is 16.8 Å². The van der Waals surface area contributed by atoms with E-state index in [0.29, 0.717) is 19.6 Å². The van der Waals surface area contributed by atoms with Gasteiger partial charge in [-0.05, 0) is 36.8 Å². The largest absolute Gasteiger partial charge is 0.340 e. The van der Waals surface area contributed by atoms with Crippen molar-refractivity contribution < 1.29 is 14.0 Å². The molecule has 2 amide bonds. The Hall–Kier alpha value is -2.73. The second kappa shape index (κ2) is 7.36. The summed E-state index contributed by atoms with van der Waals surface area (Å²) < 4.78 is 13.6. The lowest BCUT2D eigenvalue weighted by Gasteiger charge is -2.21. The van der Waals surface area contributed by atoms with E-state index in [1.807, 2.05) is 37.3 Å². The second-order valence-electron chi connectivity index (χ2n) is 7.81. The molecule has 146 valence electrons. The summed E-state index contributed by atoms with van der Waals surface area (Å²) in [6, 6.07) is 13.9. The third kappa shape index (κ3) is 3.52. The highest BCUT2D eigenvalue weighted by molar-refractivity contribution is 6.00. The van der Waals surface area contributed by atoms with E-state index in [2.05, 4.69) is 0 Å². The van der Waals surface area contributed by atoms with Crippen LogP contribution < -0.4 is 10.6 Å². The van der Waals surface area contributed by atoms with Crippen molar-refractivity contribution in [3.63, 3.8) is 0 Å². The molecule has 2 heterocycles. The van der Waals surface area contributed by atoms with Crippen LogP contribution in [0, 0.1) is 18.7 Å². The Labute approximate surface area is 163 Å². The number of hydrogen-bond donors (Lipinski definition) is 1. The van der Waals surface area contributed by atoms with Gasteiger partial charge < -0.3 is 15.5 Å². The van der Waals surface area contributed by atoms with Crippen molar-refractivity contribution in [3.05, 3.63) is 65.5 Å². The fourth-order valence-electron chi connectivity index (χ4n) is 4.20. The van der Waals surface area contributed by atoms with Gasteiger partial charge in [0.2, 0.25) is 11.8 Å². The van der Waals surface area contributed by atoms with Crippen LogP contribution in [0.3, 0.4) is 0 Å². The second-order valence-corrected chi connectivity index (χ2v) is 7.81. The maximum absolute atomic E-state index is 13.6. The van der Waals surface area contributed by atoms with Crippen LogP contribution in [0.1, 0.15) is 23.5 Å². The molecule has 0 aromatic heterocycles. The van der Waals surface area contributed by atoms with E-state index in [1.54, 1.807) is 15.9 Å². The van der Waals surface area contributed by atoms with Crippen molar-refractivity contribution in [1.82, 2.24) is 4.90 Å². The highest BCUT2D eigenvalue weighted by Crippen LogP contribution is 2.31. The van der Waals surface area contributed by atoms with Gasteiger partial charge in [0.05, 0.1) is 5.92 Å². The zero-order valence-corrected chi connectivity index (χ0v) is 15.8. The lowest BCUT2D eigenvalue weighted by Crippen LogP contribution is -2.37. The van der Waals surface area contributed by atoms with Gasteiger partial charge in [-0.15, -0.1) is 0 Å². The normalized spacial score (nSPS) is 24.8. The highest BCUT2D eigenvalue weighted by atomic mass is 19.1. The number of carbonyl (C=O) groups excluding carboxylic acids is 2. The van der Waals surface area contributed by atoms with Gasteiger partial charge in [0.15, 0.2) is 0 Å². The topological polar surface area (TPSA) is 66.6 Å². The number of benzene rings is 2. The summed E-state index contributed by atoms with van der Waals surface area (Å²) in [5.41, 5.74) is 9.01. The fourth-order valence-corrected chi connectivity index (χ4v) is 4.20. The van der Waals surface area contributed by atoms with Gasteiger partial charge in [-0.1, -0.05) is 29.8 Å². The van der Waals surface area contributed by atoms with Gasteiger partial charge in [0.25, 0.3) is 0 Å². The minimum atomic E-state index is -0.368. The van der Waals surface area contributed by atoms with Crippen molar-refractivity contribution in [1.29, 1.82) is 0 Å². The molecule has 28 heavy (non-hydrogen) atoms. The summed E-state index contributed by atoms with van der Waals surface area (Å²) in [5, 5.41) is 0. The monoisotopic (exact) mass is 381 g/mol. The van der Waals surface area contributed by atoms with Gasteiger partial charge in [0, 0.05) is 43.7 Å². The van der Waals surface area contributed by atoms with Crippen molar-refractivity contribution in [2.45, 2.75) is 25.3 Å². The molecule has 6 heteroatoms. The smallest absolute Gasteiger partial charge is 0.228 e. The number of anilines is 1. The van der Waals surface area contributed by atoms with Crippen molar-refractivity contribution in [2.75, 3.05) is 24.5 Å². The molecule has 1 unspecified atom stereocenters. The first kappa shape index (κ1) is 18.6. The quantitative estimate of drug-likeness (QED) is 0.888. The van der Waals surface area contributed by atoms with Crippen molar-refractivity contribution >= 4 is 17.5 Å². The average Bonchev–Trinajstić information content (AvgIpc) is 3.25. The van der Waals surface area contributed by atoms with Gasteiger partial charge >= 0.3 is 0 Å². The van der Waals surface area contributed by atoms with E-state index in [9.17, 15) is 14.0 Å². The third-order valence-corrected chi connectivity index (χ3v) is 5.77. The standard InChI is InChI=1S/C22H24FN3O2/c1-14-5-7-18(8-6-14)26-11-16(10-21(26)27)22(28)25-12-19(20(24)13-25)15-3-2-4-17(23)9-15/h2-9,16,19-20H,10-13,24H2,1H3/t16?,19-,20+/m0/s1.